The van der Waals surface area contributed by atoms with Crippen LogP contribution in [-0.4, -0.2) is 44.3 Å². The van der Waals surface area contributed by atoms with Gasteiger partial charge < -0.3 is 20.4 Å². The fourth-order valence-electron chi connectivity index (χ4n) is 3.62. The summed E-state index contributed by atoms with van der Waals surface area (Å²) in [5.41, 5.74) is 1.98. The predicted octanol–water partition coefficient (Wildman–Crippen LogP) is 6.34. The molecule has 4 aromatic rings. The van der Waals surface area contributed by atoms with Crippen LogP contribution in [0, 0.1) is 0 Å². The lowest BCUT2D eigenvalue weighted by atomic mass is 9.95. The highest BCUT2D eigenvalue weighted by Crippen LogP contribution is 2.28. The molecule has 4 aromatic carbocycles. The van der Waals surface area contributed by atoms with Gasteiger partial charge in [-0.15, -0.1) is 24.8 Å². The van der Waals surface area contributed by atoms with Crippen molar-refractivity contribution in [2.45, 2.75) is 0 Å². The zero-order valence-corrected chi connectivity index (χ0v) is 21.1. The van der Waals surface area contributed by atoms with E-state index in [1.54, 1.807) is 72.8 Å². The number of carbonyl (C=O) groups is 4. The van der Waals surface area contributed by atoms with Crippen LogP contribution >= 0.6 is 24.8 Å². The summed E-state index contributed by atoms with van der Waals surface area (Å²) in [6.45, 7) is 0. The molecule has 0 spiro atoms. The number of hydrogen-bond acceptors (Lipinski definition) is 4. The molecule has 0 aliphatic carbocycles. The molecule has 196 valence electrons. The predicted molar refractivity (Wildman–Crippen MR) is 146 cm³/mol. The fraction of sp³-hybridized carbons (Fsp3) is 0. The van der Waals surface area contributed by atoms with E-state index in [9.17, 15) is 19.2 Å². The quantitative estimate of drug-likeness (QED) is 0.215. The second-order valence-corrected chi connectivity index (χ2v) is 7.40. The standard InChI is InChI=1S/2C14H10O4.2ClH/c2*15-13(16)11-7-3-1-5-9(11)10-6-2-4-8-12(10)14(17)18;;/h2*1-8H,(H,15,16)(H,17,18);2*1H. The molecule has 10 heteroatoms. The van der Waals surface area contributed by atoms with Gasteiger partial charge in [0.15, 0.2) is 0 Å². The molecule has 0 saturated heterocycles. The highest BCUT2D eigenvalue weighted by atomic mass is 35.5. The van der Waals surface area contributed by atoms with Gasteiger partial charge in [-0.05, 0) is 46.5 Å². The van der Waals surface area contributed by atoms with Gasteiger partial charge in [-0.3, -0.25) is 0 Å². The Bertz CT molecular complexity index is 1240. The monoisotopic (exact) mass is 556 g/mol. The number of halogens is 2. The van der Waals surface area contributed by atoms with Gasteiger partial charge in [-0.1, -0.05) is 72.8 Å². The first-order valence-corrected chi connectivity index (χ1v) is 10.5. The summed E-state index contributed by atoms with van der Waals surface area (Å²) in [7, 11) is 0. The van der Waals surface area contributed by atoms with Crippen LogP contribution in [0.4, 0.5) is 0 Å². The smallest absolute Gasteiger partial charge is 0.336 e. The average molecular weight is 557 g/mol. The van der Waals surface area contributed by atoms with Crippen molar-refractivity contribution in [3.05, 3.63) is 119 Å². The van der Waals surface area contributed by atoms with Crippen molar-refractivity contribution in [2.75, 3.05) is 0 Å². The minimum Gasteiger partial charge on any atom is -0.478 e. The van der Waals surface area contributed by atoms with Gasteiger partial charge in [0.05, 0.1) is 22.3 Å². The van der Waals surface area contributed by atoms with Gasteiger partial charge in [0.1, 0.15) is 0 Å². The van der Waals surface area contributed by atoms with Gasteiger partial charge in [-0.25, -0.2) is 19.2 Å². The van der Waals surface area contributed by atoms with Gasteiger partial charge >= 0.3 is 23.9 Å². The van der Waals surface area contributed by atoms with Crippen LogP contribution in [0.15, 0.2) is 97.1 Å². The Morgan fingerprint density at radius 1 is 0.342 bits per heavy atom. The Hall–Kier alpha value is -4.66. The molecule has 0 radical (unpaired) electrons. The Balaban J connectivity index is 0.000000361. The van der Waals surface area contributed by atoms with Gasteiger partial charge in [-0.2, -0.15) is 0 Å². The molecular weight excluding hydrogens is 535 g/mol. The molecule has 0 aromatic heterocycles. The SMILES string of the molecule is Cl.Cl.O=C(O)c1ccccc1-c1ccccc1C(=O)O.O=C(O)c1ccccc1-c1ccccc1C(=O)O. The van der Waals surface area contributed by atoms with Crippen molar-refractivity contribution < 1.29 is 39.6 Å². The third kappa shape index (κ3) is 7.19. The lowest BCUT2D eigenvalue weighted by Crippen LogP contribution is -2.03. The average Bonchev–Trinajstić information content (AvgIpc) is 2.89. The Morgan fingerprint density at radius 2 is 0.500 bits per heavy atom. The maximum Gasteiger partial charge on any atom is 0.336 e. The van der Waals surface area contributed by atoms with Gasteiger partial charge in [0.25, 0.3) is 0 Å². The van der Waals surface area contributed by atoms with Gasteiger partial charge in [0.2, 0.25) is 0 Å². The molecule has 0 amide bonds. The fourth-order valence-corrected chi connectivity index (χ4v) is 3.62. The van der Waals surface area contributed by atoms with E-state index in [1.165, 1.54) is 24.3 Å². The molecule has 8 nitrogen and oxygen atoms in total. The number of aromatic carboxylic acids is 4. The van der Waals surface area contributed by atoms with Crippen molar-refractivity contribution in [3.63, 3.8) is 0 Å². The normalized spacial score (nSPS) is 9.47. The molecule has 0 fully saturated rings. The van der Waals surface area contributed by atoms with Crippen molar-refractivity contribution in [1.29, 1.82) is 0 Å². The van der Waals surface area contributed by atoms with Crippen molar-refractivity contribution >= 4 is 48.7 Å². The molecule has 0 unspecified atom stereocenters. The topological polar surface area (TPSA) is 149 Å². The molecule has 4 rings (SSSR count). The van der Waals surface area contributed by atoms with E-state index in [0.717, 1.165) is 0 Å². The molecule has 38 heavy (non-hydrogen) atoms. The minimum absolute atomic E-state index is 0. The summed E-state index contributed by atoms with van der Waals surface area (Å²) in [5.74, 6) is -4.31. The summed E-state index contributed by atoms with van der Waals surface area (Å²) >= 11 is 0. The first-order chi connectivity index (χ1) is 17.2. The number of carboxylic acids is 4. The second-order valence-electron chi connectivity index (χ2n) is 7.40. The van der Waals surface area contributed by atoms with E-state index >= 15 is 0 Å². The first-order valence-electron chi connectivity index (χ1n) is 10.5. The van der Waals surface area contributed by atoms with Crippen LogP contribution < -0.4 is 0 Å². The van der Waals surface area contributed by atoms with E-state index < -0.39 is 23.9 Å². The Kier molecular flexibility index (Phi) is 11.7. The van der Waals surface area contributed by atoms with E-state index in [0.29, 0.717) is 22.3 Å². The van der Waals surface area contributed by atoms with Crippen LogP contribution in [-0.2, 0) is 0 Å². The van der Waals surface area contributed by atoms with Crippen molar-refractivity contribution in [1.82, 2.24) is 0 Å². The van der Waals surface area contributed by atoms with Crippen molar-refractivity contribution in [3.8, 4) is 22.3 Å². The molecule has 0 saturated carbocycles. The van der Waals surface area contributed by atoms with Crippen LogP contribution in [0.1, 0.15) is 41.4 Å². The number of hydrogen-bond donors (Lipinski definition) is 4. The molecule has 0 bridgehead atoms. The highest BCUT2D eigenvalue weighted by Gasteiger charge is 2.17. The highest BCUT2D eigenvalue weighted by molar-refractivity contribution is 6.03. The van der Waals surface area contributed by atoms with Gasteiger partial charge in [0, 0.05) is 0 Å². The maximum atomic E-state index is 11.1. The van der Waals surface area contributed by atoms with E-state index in [-0.39, 0.29) is 47.1 Å². The lowest BCUT2D eigenvalue weighted by Gasteiger charge is -2.08. The molecule has 0 heterocycles. The van der Waals surface area contributed by atoms with E-state index in [1.807, 2.05) is 0 Å². The lowest BCUT2D eigenvalue weighted by molar-refractivity contribution is 0.0684. The summed E-state index contributed by atoms with van der Waals surface area (Å²) in [5, 5.41) is 36.4. The molecule has 0 aliphatic rings. The summed E-state index contributed by atoms with van der Waals surface area (Å²) < 4.78 is 0. The minimum atomic E-state index is -1.08. The van der Waals surface area contributed by atoms with Crippen LogP contribution in [0.2, 0.25) is 0 Å². The second kappa shape index (κ2) is 14.2. The summed E-state index contributed by atoms with van der Waals surface area (Å²) in [6, 6.07) is 25.4. The maximum absolute atomic E-state index is 11.1. The third-order valence-electron chi connectivity index (χ3n) is 5.21. The molecule has 4 N–H and O–H groups in total. The number of benzene rings is 4. The molecular formula is C28H22Cl2O8. The van der Waals surface area contributed by atoms with Crippen molar-refractivity contribution in [2.24, 2.45) is 0 Å². The Labute approximate surface area is 229 Å². The zero-order valence-electron chi connectivity index (χ0n) is 19.5. The van der Waals surface area contributed by atoms with E-state index in [2.05, 4.69) is 0 Å². The number of rotatable bonds is 6. The van der Waals surface area contributed by atoms with Crippen LogP contribution in [0.3, 0.4) is 0 Å². The molecule has 0 atom stereocenters. The van der Waals surface area contributed by atoms with Crippen LogP contribution in [0.25, 0.3) is 22.3 Å². The Morgan fingerprint density at radius 3 is 0.658 bits per heavy atom. The third-order valence-corrected chi connectivity index (χ3v) is 5.21. The zero-order chi connectivity index (χ0) is 26.2. The van der Waals surface area contributed by atoms with Crippen LogP contribution in [0.5, 0.6) is 0 Å². The first kappa shape index (κ1) is 31.4. The molecule has 0 aliphatic heterocycles. The summed E-state index contributed by atoms with van der Waals surface area (Å²) in [4.78, 5) is 44.5. The number of carboxylic acid groups (broad SMARTS) is 4. The summed E-state index contributed by atoms with van der Waals surface area (Å²) in [6.07, 6.45) is 0. The largest absolute Gasteiger partial charge is 0.478 e. The van der Waals surface area contributed by atoms with E-state index in [4.69, 9.17) is 20.4 Å².